The van der Waals surface area contributed by atoms with Gasteiger partial charge in [-0.1, -0.05) is 6.92 Å². The lowest BCUT2D eigenvalue weighted by Gasteiger charge is -2.25. The van der Waals surface area contributed by atoms with E-state index in [0.717, 1.165) is 6.42 Å². The van der Waals surface area contributed by atoms with Crippen LogP contribution in [0.5, 0.6) is 0 Å². The number of piperidine rings is 1. The van der Waals surface area contributed by atoms with Gasteiger partial charge >= 0.3 is 0 Å². The van der Waals surface area contributed by atoms with Crippen molar-refractivity contribution in [1.82, 2.24) is 4.90 Å². The van der Waals surface area contributed by atoms with Crippen LogP contribution < -0.4 is 0 Å². The van der Waals surface area contributed by atoms with E-state index in [-0.39, 0.29) is 11.7 Å². The zero-order valence-electron chi connectivity index (χ0n) is 8.92. The lowest BCUT2D eigenvalue weighted by atomic mass is 10.1. The Morgan fingerprint density at radius 2 is 1.86 bits per heavy atom. The maximum Gasteiger partial charge on any atom is 0.222 e. The van der Waals surface area contributed by atoms with E-state index < -0.39 is 0 Å². The van der Waals surface area contributed by atoms with E-state index in [4.69, 9.17) is 0 Å². The van der Waals surface area contributed by atoms with Gasteiger partial charge in [0.05, 0.1) is 0 Å². The van der Waals surface area contributed by atoms with Gasteiger partial charge in [0, 0.05) is 32.4 Å². The van der Waals surface area contributed by atoms with Crippen molar-refractivity contribution in [2.24, 2.45) is 0 Å². The molecule has 1 amide bonds. The van der Waals surface area contributed by atoms with E-state index in [0.29, 0.717) is 32.4 Å². The van der Waals surface area contributed by atoms with Gasteiger partial charge in [0.2, 0.25) is 5.91 Å². The molecule has 1 heterocycles. The number of nitrogens with zero attached hydrogens (tertiary/aromatic N) is 1. The zero-order valence-corrected chi connectivity index (χ0v) is 8.92. The van der Waals surface area contributed by atoms with E-state index in [9.17, 15) is 9.59 Å². The quantitative estimate of drug-likeness (QED) is 0.633. The van der Waals surface area contributed by atoms with Gasteiger partial charge in [-0.2, -0.15) is 0 Å². The topological polar surface area (TPSA) is 37.4 Å². The molecule has 1 aliphatic heterocycles. The average molecular weight is 197 g/mol. The monoisotopic (exact) mass is 197 g/mol. The molecule has 0 aromatic carbocycles. The maximum atomic E-state index is 11.3. The van der Waals surface area contributed by atoms with Crippen LogP contribution in [0, 0.1) is 0 Å². The first-order valence-electron chi connectivity index (χ1n) is 5.03. The van der Waals surface area contributed by atoms with Crippen molar-refractivity contribution in [3.8, 4) is 0 Å². The standard InChI is InChI=1S/C9H15NO2.C2H4/c1-2-3-9(12)10-6-4-8(11)5-7-10;1-2/h2-7H2,1H3;1-2H2. The summed E-state index contributed by atoms with van der Waals surface area (Å²) in [6.07, 6.45) is 2.61. The second-order valence-electron chi connectivity index (χ2n) is 3.17. The molecule has 1 rings (SSSR count). The van der Waals surface area contributed by atoms with Crippen molar-refractivity contribution in [2.75, 3.05) is 13.1 Å². The largest absolute Gasteiger partial charge is 0.342 e. The molecule has 14 heavy (non-hydrogen) atoms. The predicted molar refractivity (Wildman–Crippen MR) is 57.0 cm³/mol. The van der Waals surface area contributed by atoms with Crippen molar-refractivity contribution in [3.63, 3.8) is 0 Å². The van der Waals surface area contributed by atoms with Crippen LogP contribution in [0.4, 0.5) is 0 Å². The summed E-state index contributed by atoms with van der Waals surface area (Å²) in [5.74, 6) is 0.487. The minimum Gasteiger partial charge on any atom is -0.342 e. The van der Waals surface area contributed by atoms with Crippen LogP contribution in [0.3, 0.4) is 0 Å². The molecule has 0 atom stereocenters. The molecular weight excluding hydrogens is 178 g/mol. The van der Waals surface area contributed by atoms with Crippen molar-refractivity contribution < 1.29 is 9.59 Å². The van der Waals surface area contributed by atoms with Gasteiger partial charge in [0.25, 0.3) is 0 Å². The smallest absolute Gasteiger partial charge is 0.222 e. The maximum absolute atomic E-state index is 11.3. The fourth-order valence-electron chi connectivity index (χ4n) is 1.38. The molecule has 0 saturated carbocycles. The first-order chi connectivity index (χ1) is 6.74. The van der Waals surface area contributed by atoms with Gasteiger partial charge < -0.3 is 4.90 Å². The van der Waals surface area contributed by atoms with E-state index in [1.165, 1.54) is 0 Å². The predicted octanol–water partition coefficient (Wildman–Crippen LogP) is 1.78. The second kappa shape index (κ2) is 7.30. The summed E-state index contributed by atoms with van der Waals surface area (Å²) < 4.78 is 0. The van der Waals surface area contributed by atoms with E-state index in [1.54, 1.807) is 4.90 Å². The molecule has 1 saturated heterocycles. The third-order valence-corrected chi connectivity index (χ3v) is 2.14. The molecule has 0 unspecified atom stereocenters. The second-order valence-corrected chi connectivity index (χ2v) is 3.17. The van der Waals surface area contributed by atoms with Gasteiger partial charge in [-0.15, -0.1) is 13.2 Å². The van der Waals surface area contributed by atoms with Crippen LogP contribution in [0.2, 0.25) is 0 Å². The fraction of sp³-hybridized carbons (Fsp3) is 0.636. The van der Waals surface area contributed by atoms with Crippen LogP contribution in [0.15, 0.2) is 13.2 Å². The van der Waals surface area contributed by atoms with Crippen molar-refractivity contribution in [2.45, 2.75) is 32.6 Å². The number of likely N-dealkylation sites (tertiary alicyclic amines) is 1. The molecule has 3 heteroatoms. The minimum atomic E-state index is 0.199. The molecule has 0 N–H and O–H groups in total. The fourth-order valence-corrected chi connectivity index (χ4v) is 1.38. The normalized spacial score (nSPS) is 15.8. The number of carbonyl (C=O) groups is 2. The molecule has 0 spiro atoms. The van der Waals surface area contributed by atoms with Crippen LogP contribution in [-0.2, 0) is 9.59 Å². The molecule has 0 aromatic heterocycles. The molecule has 1 fully saturated rings. The third kappa shape index (κ3) is 4.21. The summed E-state index contributed by atoms with van der Waals surface area (Å²) in [4.78, 5) is 24.0. The zero-order chi connectivity index (χ0) is 11.0. The average Bonchev–Trinajstić information content (AvgIpc) is 2.22. The first-order valence-corrected chi connectivity index (χ1v) is 5.03. The number of carbonyl (C=O) groups excluding carboxylic acids is 2. The van der Waals surface area contributed by atoms with E-state index in [1.807, 2.05) is 6.92 Å². The Hall–Kier alpha value is -1.12. The van der Waals surface area contributed by atoms with E-state index in [2.05, 4.69) is 13.2 Å². The summed E-state index contributed by atoms with van der Waals surface area (Å²) in [7, 11) is 0. The third-order valence-electron chi connectivity index (χ3n) is 2.14. The summed E-state index contributed by atoms with van der Waals surface area (Å²) in [6.45, 7) is 9.27. The number of hydrogen-bond acceptors (Lipinski definition) is 2. The Bertz CT molecular complexity index is 191. The molecule has 3 nitrogen and oxygen atoms in total. The Balaban J connectivity index is 0.000000791. The Morgan fingerprint density at radius 1 is 1.36 bits per heavy atom. The molecular formula is C11H19NO2. The molecule has 0 bridgehead atoms. The van der Waals surface area contributed by atoms with Gasteiger partial charge in [0.1, 0.15) is 5.78 Å². The highest BCUT2D eigenvalue weighted by atomic mass is 16.2. The highest BCUT2D eigenvalue weighted by molar-refractivity contribution is 5.83. The Morgan fingerprint density at radius 3 is 2.29 bits per heavy atom. The molecule has 80 valence electrons. The summed E-state index contributed by atoms with van der Waals surface area (Å²) in [6, 6.07) is 0. The number of rotatable bonds is 2. The van der Waals surface area contributed by atoms with Gasteiger partial charge in [-0.25, -0.2) is 0 Å². The highest BCUT2D eigenvalue weighted by Crippen LogP contribution is 2.07. The summed E-state index contributed by atoms with van der Waals surface area (Å²) >= 11 is 0. The van der Waals surface area contributed by atoms with Gasteiger partial charge in [0.15, 0.2) is 0 Å². The molecule has 0 radical (unpaired) electrons. The minimum absolute atomic E-state index is 0.199. The van der Waals surface area contributed by atoms with E-state index >= 15 is 0 Å². The lowest BCUT2D eigenvalue weighted by Crippen LogP contribution is -2.38. The van der Waals surface area contributed by atoms with Crippen molar-refractivity contribution in [1.29, 1.82) is 0 Å². The Kier molecular flexibility index (Phi) is 6.72. The first kappa shape index (κ1) is 12.9. The number of hydrogen-bond donors (Lipinski definition) is 0. The van der Waals surface area contributed by atoms with Gasteiger partial charge in [-0.05, 0) is 6.42 Å². The molecule has 0 aromatic rings. The Labute approximate surface area is 85.8 Å². The van der Waals surface area contributed by atoms with Crippen LogP contribution >= 0.6 is 0 Å². The van der Waals surface area contributed by atoms with Crippen LogP contribution in [0.25, 0.3) is 0 Å². The summed E-state index contributed by atoms with van der Waals surface area (Å²) in [5, 5.41) is 0. The van der Waals surface area contributed by atoms with Crippen molar-refractivity contribution in [3.05, 3.63) is 13.2 Å². The molecule has 0 aliphatic carbocycles. The summed E-state index contributed by atoms with van der Waals surface area (Å²) in [5.41, 5.74) is 0. The molecule has 1 aliphatic rings. The highest BCUT2D eigenvalue weighted by Gasteiger charge is 2.19. The SMILES string of the molecule is C=C.CCCC(=O)N1CCC(=O)CC1. The van der Waals surface area contributed by atoms with Gasteiger partial charge in [-0.3, -0.25) is 9.59 Å². The number of amides is 1. The number of ketones is 1. The van der Waals surface area contributed by atoms with Crippen LogP contribution in [-0.4, -0.2) is 29.7 Å². The van der Waals surface area contributed by atoms with Crippen LogP contribution in [0.1, 0.15) is 32.6 Å². The number of Topliss-reactive ketones (excluding diaryl/α,β-unsaturated/α-hetero) is 1. The lowest BCUT2D eigenvalue weighted by molar-refractivity contribution is -0.134. The van der Waals surface area contributed by atoms with Crippen molar-refractivity contribution >= 4 is 11.7 Å².